The van der Waals surface area contributed by atoms with Gasteiger partial charge in [0.2, 0.25) is 0 Å². The van der Waals surface area contributed by atoms with Crippen molar-refractivity contribution in [1.29, 1.82) is 0 Å². The summed E-state index contributed by atoms with van der Waals surface area (Å²) in [6.07, 6.45) is 4.02. The Morgan fingerprint density at radius 2 is 2.36 bits per heavy atom. The molecule has 2 aromatic heterocycles. The van der Waals surface area contributed by atoms with Crippen molar-refractivity contribution in [2.75, 3.05) is 13.1 Å². The van der Waals surface area contributed by atoms with Crippen LogP contribution >= 0.6 is 0 Å². The van der Waals surface area contributed by atoms with Crippen molar-refractivity contribution >= 4 is 5.65 Å². The summed E-state index contributed by atoms with van der Waals surface area (Å²) in [5, 5.41) is 3.21. The minimum absolute atomic E-state index is 0.660. The number of imidazole rings is 1. The molecular formula is C10H14N4. The Hall–Kier alpha value is -1.39. The molecule has 0 aliphatic carbocycles. The molecule has 0 spiro atoms. The minimum Gasteiger partial charge on any atom is -0.329 e. The lowest BCUT2D eigenvalue weighted by molar-refractivity contribution is 0.685. The van der Waals surface area contributed by atoms with Gasteiger partial charge in [0.25, 0.3) is 0 Å². The summed E-state index contributed by atoms with van der Waals surface area (Å²) in [7, 11) is 0. The van der Waals surface area contributed by atoms with E-state index in [1.165, 1.54) is 0 Å². The Morgan fingerprint density at radius 1 is 1.43 bits per heavy atom. The molecule has 0 saturated carbocycles. The Balaban J connectivity index is 2.11. The summed E-state index contributed by atoms with van der Waals surface area (Å²) in [6.45, 7) is 2.26. The highest BCUT2D eigenvalue weighted by molar-refractivity contribution is 5.39. The highest BCUT2D eigenvalue weighted by Gasteiger charge is 1.98. The molecule has 0 atom stereocenters. The lowest BCUT2D eigenvalue weighted by atomic mass is 10.4. The van der Waals surface area contributed by atoms with E-state index in [1.807, 2.05) is 35.0 Å². The van der Waals surface area contributed by atoms with Gasteiger partial charge < -0.3 is 15.5 Å². The van der Waals surface area contributed by atoms with Gasteiger partial charge in [-0.15, -0.1) is 0 Å². The first-order valence-electron chi connectivity index (χ1n) is 4.73. The van der Waals surface area contributed by atoms with Gasteiger partial charge in [0.05, 0.1) is 5.69 Å². The maximum absolute atomic E-state index is 5.38. The zero-order chi connectivity index (χ0) is 9.80. The van der Waals surface area contributed by atoms with E-state index in [9.17, 15) is 0 Å². The predicted octanol–water partition coefficient (Wildman–Crippen LogP) is 0.383. The van der Waals surface area contributed by atoms with Gasteiger partial charge in [-0.1, -0.05) is 6.07 Å². The molecule has 4 nitrogen and oxygen atoms in total. The molecule has 0 bridgehead atoms. The normalized spacial score (nSPS) is 10.9. The minimum atomic E-state index is 0.660. The second kappa shape index (κ2) is 4.21. The second-order valence-corrected chi connectivity index (χ2v) is 3.16. The van der Waals surface area contributed by atoms with E-state index < -0.39 is 0 Å². The number of aromatic nitrogens is 2. The van der Waals surface area contributed by atoms with Crippen molar-refractivity contribution in [3.05, 3.63) is 36.3 Å². The van der Waals surface area contributed by atoms with Crippen LogP contribution in [0.5, 0.6) is 0 Å². The first-order chi connectivity index (χ1) is 6.90. The van der Waals surface area contributed by atoms with Gasteiger partial charge in [-0.3, -0.25) is 0 Å². The third-order valence-electron chi connectivity index (χ3n) is 2.04. The molecule has 0 radical (unpaired) electrons. The number of pyridine rings is 1. The quantitative estimate of drug-likeness (QED) is 0.685. The summed E-state index contributed by atoms with van der Waals surface area (Å²) in [6, 6.07) is 5.97. The molecule has 4 heteroatoms. The Bertz CT molecular complexity index is 374. The summed E-state index contributed by atoms with van der Waals surface area (Å²) in [5.74, 6) is 0. The van der Waals surface area contributed by atoms with Crippen molar-refractivity contribution in [3.8, 4) is 0 Å². The molecule has 3 N–H and O–H groups in total. The molecule has 14 heavy (non-hydrogen) atoms. The number of nitrogens with one attached hydrogen (secondary N) is 1. The Morgan fingerprint density at radius 3 is 3.14 bits per heavy atom. The van der Waals surface area contributed by atoms with Crippen molar-refractivity contribution < 1.29 is 0 Å². The van der Waals surface area contributed by atoms with Crippen LogP contribution in [-0.2, 0) is 6.54 Å². The third kappa shape index (κ3) is 1.92. The highest BCUT2D eigenvalue weighted by atomic mass is 15.0. The van der Waals surface area contributed by atoms with Crippen LogP contribution in [0.3, 0.4) is 0 Å². The first-order valence-corrected chi connectivity index (χ1v) is 4.73. The third-order valence-corrected chi connectivity index (χ3v) is 2.04. The Kier molecular flexibility index (Phi) is 2.76. The monoisotopic (exact) mass is 190 g/mol. The summed E-state index contributed by atoms with van der Waals surface area (Å²) in [4.78, 5) is 4.44. The summed E-state index contributed by atoms with van der Waals surface area (Å²) < 4.78 is 2.01. The van der Waals surface area contributed by atoms with Crippen LogP contribution in [0.2, 0.25) is 0 Å². The lowest BCUT2D eigenvalue weighted by Gasteiger charge is -1.97. The zero-order valence-corrected chi connectivity index (χ0v) is 7.98. The van der Waals surface area contributed by atoms with Crippen molar-refractivity contribution in [3.63, 3.8) is 0 Å². The second-order valence-electron chi connectivity index (χ2n) is 3.16. The van der Waals surface area contributed by atoms with Crippen LogP contribution in [0.15, 0.2) is 30.6 Å². The molecule has 0 saturated heterocycles. The number of nitrogens with two attached hydrogens (primary N) is 1. The van der Waals surface area contributed by atoms with Crippen molar-refractivity contribution in [1.82, 2.24) is 14.7 Å². The summed E-state index contributed by atoms with van der Waals surface area (Å²) in [5.41, 5.74) is 7.41. The van der Waals surface area contributed by atoms with E-state index in [-0.39, 0.29) is 0 Å². The highest BCUT2D eigenvalue weighted by Crippen LogP contribution is 2.03. The maximum atomic E-state index is 5.38. The van der Waals surface area contributed by atoms with Crippen molar-refractivity contribution in [2.45, 2.75) is 6.54 Å². The van der Waals surface area contributed by atoms with Crippen LogP contribution in [0.25, 0.3) is 5.65 Å². The van der Waals surface area contributed by atoms with E-state index in [1.54, 1.807) is 0 Å². The van der Waals surface area contributed by atoms with Crippen LogP contribution in [0, 0.1) is 0 Å². The van der Waals surface area contributed by atoms with Gasteiger partial charge in [-0.2, -0.15) is 0 Å². The first kappa shape index (κ1) is 9.18. The molecule has 0 aromatic carbocycles. The lowest BCUT2D eigenvalue weighted by Crippen LogP contribution is -2.21. The maximum Gasteiger partial charge on any atom is 0.137 e. The van der Waals surface area contributed by atoms with Crippen LogP contribution < -0.4 is 11.1 Å². The smallest absolute Gasteiger partial charge is 0.137 e. The molecule has 0 amide bonds. The van der Waals surface area contributed by atoms with Crippen molar-refractivity contribution in [2.24, 2.45) is 5.73 Å². The van der Waals surface area contributed by atoms with Gasteiger partial charge in [0.15, 0.2) is 0 Å². The molecule has 2 aromatic rings. The van der Waals surface area contributed by atoms with E-state index in [0.29, 0.717) is 6.54 Å². The molecule has 0 unspecified atom stereocenters. The average molecular weight is 190 g/mol. The number of rotatable bonds is 4. The number of hydrogen-bond acceptors (Lipinski definition) is 3. The predicted molar refractivity (Wildman–Crippen MR) is 56.0 cm³/mol. The fraction of sp³-hybridized carbons (Fsp3) is 0.300. The number of hydrogen-bond donors (Lipinski definition) is 2. The average Bonchev–Trinajstić information content (AvgIpc) is 2.60. The molecule has 0 aliphatic heterocycles. The molecule has 74 valence electrons. The molecular weight excluding hydrogens is 176 g/mol. The van der Waals surface area contributed by atoms with E-state index >= 15 is 0 Å². The SMILES string of the molecule is NCCNCc1cn2ccccc2n1. The van der Waals surface area contributed by atoms with Crippen LogP contribution in [0.4, 0.5) is 0 Å². The largest absolute Gasteiger partial charge is 0.329 e. The number of fused-ring (bicyclic) bond motifs is 1. The van der Waals surface area contributed by atoms with E-state index in [0.717, 1.165) is 24.4 Å². The number of nitrogens with zero attached hydrogens (tertiary/aromatic N) is 2. The van der Waals surface area contributed by atoms with E-state index in [4.69, 9.17) is 5.73 Å². The fourth-order valence-electron chi connectivity index (χ4n) is 1.39. The molecule has 2 rings (SSSR count). The molecule has 0 fully saturated rings. The zero-order valence-electron chi connectivity index (χ0n) is 7.98. The van der Waals surface area contributed by atoms with Gasteiger partial charge in [-0.05, 0) is 12.1 Å². The van der Waals surface area contributed by atoms with Gasteiger partial charge in [0.1, 0.15) is 5.65 Å². The van der Waals surface area contributed by atoms with Crippen LogP contribution in [-0.4, -0.2) is 22.5 Å². The van der Waals surface area contributed by atoms with Gasteiger partial charge >= 0.3 is 0 Å². The van der Waals surface area contributed by atoms with Gasteiger partial charge in [-0.25, -0.2) is 4.98 Å². The van der Waals surface area contributed by atoms with Gasteiger partial charge in [0, 0.05) is 32.0 Å². The standard InChI is InChI=1S/C10H14N4/c11-4-5-12-7-9-8-14-6-2-1-3-10(14)13-9/h1-3,6,8,12H,4-5,7,11H2. The molecule has 0 aliphatic rings. The topological polar surface area (TPSA) is 55.3 Å². The fourth-order valence-corrected chi connectivity index (χ4v) is 1.39. The summed E-state index contributed by atoms with van der Waals surface area (Å²) >= 11 is 0. The van der Waals surface area contributed by atoms with E-state index in [2.05, 4.69) is 10.3 Å². The molecule has 2 heterocycles. The van der Waals surface area contributed by atoms with Crippen LogP contribution in [0.1, 0.15) is 5.69 Å². The Labute approximate surface area is 82.8 Å².